The lowest BCUT2D eigenvalue weighted by Gasteiger charge is -2.30. The van der Waals surface area contributed by atoms with E-state index in [4.69, 9.17) is 9.47 Å². The molecule has 0 aliphatic rings. The number of thiazole rings is 1. The van der Waals surface area contributed by atoms with E-state index in [-0.39, 0.29) is 5.91 Å². The fraction of sp³-hybridized carbons (Fsp3) is 0.391. The Labute approximate surface area is 205 Å². The Hall–Kier alpha value is -1.94. The molecule has 0 aliphatic heterocycles. The fourth-order valence-corrected chi connectivity index (χ4v) is 5.98. The first-order valence-corrected chi connectivity index (χ1v) is 12.9. The molecular formula is C23H28BrN3O3S2. The lowest BCUT2D eigenvalue weighted by atomic mass is 10.2. The van der Waals surface area contributed by atoms with Gasteiger partial charge in [0.05, 0.1) is 12.0 Å². The van der Waals surface area contributed by atoms with Gasteiger partial charge in [-0.15, -0.1) is 22.7 Å². The lowest BCUT2D eigenvalue weighted by Crippen LogP contribution is -2.39. The smallest absolute Gasteiger partial charge is 0.275 e. The number of anilines is 1. The van der Waals surface area contributed by atoms with Gasteiger partial charge in [0.2, 0.25) is 0 Å². The molecule has 0 bridgehead atoms. The van der Waals surface area contributed by atoms with Crippen LogP contribution in [0.4, 0.5) is 5.69 Å². The summed E-state index contributed by atoms with van der Waals surface area (Å²) in [6, 6.07) is 8.22. The number of carbonyl (C=O) groups is 1. The van der Waals surface area contributed by atoms with E-state index in [1.807, 2.05) is 11.4 Å². The first-order chi connectivity index (χ1) is 15.3. The van der Waals surface area contributed by atoms with Crippen molar-refractivity contribution in [3.63, 3.8) is 0 Å². The highest BCUT2D eigenvalue weighted by molar-refractivity contribution is 9.10. The molecule has 9 heteroatoms. The summed E-state index contributed by atoms with van der Waals surface area (Å²) in [6.45, 7) is 10.0. The minimum absolute atomic E-state index is 0.262. The van der Waals surface area contributed by atoms with Gasteiger partial charge in [-0.3, -0.25) is 9.69 Å². The summed E-state index contributed by atoms with van der Waals surface area (Å²) in [6.07, 6.45) is 0. The van der Waals surface area contributed by atoms with Gasteiger partial charge in [-0.25, -0.2) is 4.98 Å². The highest BCUT2D eigenvalue weighted by Gasteiger charge is 2.17. The quantitative estimate of drug-likeness (QED) is 0.324. The molecule has 32 heavy (non-hydrogen) atoms. The van der Waals surface area contributed by atoms with Crippen LogP contribution in [0, 0.1) is 0 Å². The Morgan fingerprint density at radius 1 is 1.16 bits per heavy atom. The molecule has 172 valence electrons. The van der Waals surface area contributed by atoms with E-state index in [2.05, 4.69) is 58.8 Å². The highest BCUT2D eigenvalue weighted by atomic mass is 79.9. The van der Waals surface area contributed by atoms with Gasteiger partial charge >= 0.3 is 0 Å². The maximum Gasteiger partial charge on any atom is 0.275 e. The minimum Gasteiger partial charge on any atom is -0.493 e. The van der Waals surface area contributed by atoms with Crippen LogP contribution in [0.2, 0.25) is 0 Å². The van der Waals surface area contributed by atoms with Crippen molar-refractivity contribution in [2.45, 2.75) is 39.8 Å². The number of hydrogen-bond donors (Lipinski definition) is 1. The van der Waals surface area contributed by atoms with Gasteiger partial charge in [0, 0.05) is 40.2 Å². The number of rotatable bonds is 10. The standard InChI is InChI=1S/C23H28BrN3O3S2/c1-14(2)27(15(3)4)9-10-30-20-12-16(6-7-19(20)29-5)25-22(28)18-13-32-23(26-18)21-17(24)8-11-31-21/h6-8,11-15H,9-10H2,1-5H3,(H,25,28). The van der Waals surface area contributed by atoms with Crippen molar-refractivity contribution < 1.29 is 14.3 Å². The highest BCUT2D eigenvalue weighted by Crippen LogP contribution is 2.35. The molecule has 0 saturated heterocycles. The number of hydrogen-bond acceptors (Lipinski definition) is 7. The average Bonchev–Trinajstić information content (AvgIpc) is 3.39. The predicted octanol–water partition coefficient (Wildman–Crippen LogP) is 6.39. The second-order valence-corrected chi connectivity index (χ2v) is 10.4. The molecule has 2 heterocycles. The number of carbonyl (C=O) groups excluding carboxylic acids is 1. The number of amides is 1. The van der Waals surface area contributed by atoms with Crippen molar-refractivity contribution in [2.75, 3.05) is 25.6 Å². The van der Waals surface area contributed by atoms with E-state index < -0.39 is 0 Å². The van der Waals surface area contributed by atoms with E-state index in [0.717, 1.165) is 20.9 Å². The van der Waals surface area contributed by atoms with Crippen molar-refractivity contribution in [3.8, 4) is 21.4 Å². The molecule has 3 aromatic rings. The van der Waals surface area contributed by atoms with Crippen LogP contribution >= 0.6 is 38.6 Å². The Kier molecular flexibility index (Phi) is 8.70. The Bertz CT molecular complexity index is 1040. The SMILES string of the molecule is COc1ccc(NC(=O)c2csc(-c3sccc3Br)n2)cc1OCCN(C(C)C)C(C)C. The number of nitrogens with one attached hydrogen (secondary N) is 1. The van der Waals surface area contributed by atoms with Crippen LogP contribution in [-0.2, 0) is 0 Å². The topological polar surface area (TPSA) is 63.7 Å². The number of aromatic nitrogens is 1. The molecule has 0 radical (unpaired) electrons. The molecule has 0 spiro atoms. The molecule has 1 amide bonds. The molecule has 0 unspecified atom stereocenters. The number of nitrogens with zero attached hydrogens (tertiary/aromatic N) is 2. The Balaban J connectivity index is 1.68. The molecule has 2 aromatic heterocycles. The molecule has 1 aromatic carbocycles. The van der Waals surface area contributed by atoms with Crippen molar-refractivity contribution >= 4 is 50.2 Å². The number of thiophene rings is 1. The molecule has 0 saturated carbocycles. The Morgan fingerprint density at radius 3 is 2.53 bits per heavy atom. The lowest BCUT2D eigenvalue weighted by molar-refractivity contribution is 0.102. The van der Waals surface area contributed by atoms with Gasteiger partial charge in [-0.2, -0.15) is 0 Å². The summed E-state index contributed by atoms with van der Waals surface area (Å²) >= 11 is 6.55. The first-order valence-electron chi connectivity index (χ1n) is 10.4. The summed E-state index contributed by atoms with van der Waals surface area (Å²) in [5, 5.41) is 7.48. The predicted molar refractivity (Wildman–Crippen MR) is 137 cm³/mol. The summed E-state index contributed by atoms with van der Waals surface area (Å²) in [5.74, 6) is 0.962. The van der Waals surface area contributed by atoms with Gasteiger partial charge in [-0.05, 0) is 67.2 Å². The maximum absolute atomic E-state index is 12.7. The van der Waals surface area contributed by atoms with E-state index in [9.17, 15) is 4.79 Å². The van der Waals surface area contributed by atoms with Crippen LogP contribution in [0.1, 0.15) is 38.2 Å². The number of halogens is 1. The first kappa shape index (κ1) is 24.7. The van der Waals surface area contributed by atoms with Crippen LogP contribution < -0.4 is 14.8 Å². The van der Waals surface area contributed by atoms with Crippen LogP contribution in [0.25, 0.3) is 9.88 Å². The number of ether oxygens (including phenoxy) is 2. The zero-order valence-electron chi connectivity index (χ0n) is 18.8. The third-order valence-corrected chi connectivity index (χ3v) is 7.74. The van der Waals surface area contributed by atoms with Crippen molar-refractivity contribution in [2.24, 2.45) is 0 Å². The van der Waals surface area contributed by atoms with Crippen molar-refractivity contribution in [1.82, 2.24) is 9.88 Å². The maximum atomic E-state index is 12.7. The normalized spacial score (nSPS) is 11.4. The minimum atomic E-state index is -0.262. The molecule has 0 aliphatic carbocycles. The van der Waals surface area contributed by atoms with E-state index in [1.165, 1.54) is 11.3 Å². The zero-order chi connectivity index (χ0) is 23.3. The van der Waals surface area contributed by atoms with E-state index >= 15 is 0 Å². The number of benzene rings is 1. The largest absolute Gasteiger partial charge is 0.493 e. The third-order valence-electron chi connectivity index (χ3n) is 4.90. The third kappa shape index (κ3) is 6.10. The van der Waals surface area contributed by atoms with Crippen LogP contribution in [0.3, 0.4) is 0 Å². The summed E-state index contributed by atoms with van der Waals surface area (Å²) < 4.78 is 12.4. The van der Waals surface area contributed by atoms with Gasteiger partial charge < -0.3 is 14.8 Å². The molecule has 0 fully saturated rings. The van der Waals surface area contributed by atoms with Gasteiger partial charge in [0.1, 0.15) is 17.3 Å². The number of methoxy groups -OCH3 is 1. The molecule has 3 rings (SSSR count). The Morgan fingerprint density at radius 2 is 1.91 bits per heavy atom. The molecule has 6 nitrogen and oxygen atoms in total. The summed E-state index contributed by atoms with van der Waals surface area (Å²) in [4.78, 5) is 20.6. The van der Waals surface area contributed by atoms with Gasteiger partial charge in [0.15, 0.2) is 11.5 Å². The van der Waals surface area contributed by atoms with E-state index in [1.54, 1.807) is 42.0 Å². The van der Waals surface area contributed by atoms with Crippen molar-refractivity contribution in [3.05, 3.63) is 45.2 Å². The second kappa shape index (κ2) is 11.3. The second-order valence-electron chi connectivity index (χ2n) is 7.73. The van der Waals surface area contributed by atoms with Gasteiger partial charge in [0.25, 0.3) is 5.91 Å². The monoisotopic (exact) mass is 537 g/mol. The average molecular weight is 539 g/mol. The van der Waals surface area contributed by atoms with Crippen molar-refractivity contribution in [1.29, 1.82) is 0 Å². The van der Waals surface area contributed by atoms with Crippen LogP contribution in [0.5, 0.6) is 11.5 Å². The molecular weight excluding hydrogens is 510 g/mol. The summed E-state index contributed by atoms with van der Waals surface area (Å²) in [5.41, 5.74) is 1.01. The van der Waals surface area contributed by atoms with E-state index in [0.29, 0.717) is 41.6 Å². The van der Waals surface area contributed by atoms with Gasteiger partial charge in [-0.1, -0.05) is 0 Å². The summed E-state index contributed by atoms with van der Waals surface area (Å²) in [7, 11) is 1.61. The van der Waals surface area contributed by atoms with Crippen LogP contribution in [0.15, 0.2) is 39.5 Å². The molecule has 1 N–H and O–H groups in total. The zero-order valence-corrected chi connectivity index (χ0v) is 22.1. The molecule has 0 atom stereocenters. The fourth-order valence-electron chi connectivity index (χ4n) is 3.36. The van der Waals surface area contributed by atoms with Crippen LogP contribution in [-0.4, -0.2) is 48.1 Å².